The van der Waals surface area contributed by atoms with Crippen molar-refractivity contribution in [2.45, 2.75) is 38.2 Å². The number of hydrogen-bond donors (Lipinski definition) is 3. The van der Waals surface area contributed by atoms with Gasteiger partial charge in [0, 0.05) is 5.56 Å². The Kier molecular flexibility index (Phi) is 8.69. The lowest BCUT2D eigenvalue weighted by molar-refractivity contribution is 0.400. The Morgan fingerprint density at radius 1 is 1.29 bits per heavy atom. The van der Waals surface area contributed by atoms with E-state index in [2.05, 4.69) is 15.5 Å². The molecule has 0 radical (unpaired) electrons. The summed E-state index contributed by atoms with van der Waals surface area (Å²) in [6.07, 6.45) is 2.50. The Hall–Kier alpha value is -1.68. The monoisotopic (exact) mass is 355 g/mol. The summed E-state index contributed by atoms with van der Waals surface area (Å²) in [5.74, 6) is 1.39. The first-order valence-corrected chi connectivity index (χ1v) is 7.61. The van der Waals surface area contributed by atoms with Crippen LogP contribution in [0.4, 0.5) is 0 Å². The van der Waals surface area contributed by atoms with Gasteiger partial charge in [0.15, 0.2) is 5.82 Å². The molecule has 4 N–H and O–H groups in total. The largest absolute Gasteiger partial charge is 0.496 e. The van der Waals surface area contributed by atoms with Crippen LogP contribution in [0.25, 0.3) is 0 Å². The zero-order valence-corrected chi connectivity index (χ0v) is 14.4. The highest BCUT2D eigenvalue weighted by Crippen LogP contribution is 2.20. The van der Waals surface area contributed by atoms with Crippen LogP contribution in [0.2, 0.25) is 6.32 Å². The standard InChI is InChI=1S/C14H22BN5O3.ClH/c1-23-13-8-3-2-6-11(13)10-20-14(17-18-19-20)12(16)7-4-5-9-15(21)22;/h2-3,6,8,12,21-22H,4-5,7,9-10,16H2,1H3;1H. The topological polar surface area (TPSA) is 119 Å². The summed E-state index contributed by atoms with van der Waals surface area (Å²) in [5.41, 5.74) is 7.13. The molecule has 0 aliphatic heterocycles. The van der Waals surface area contributed by atoms with Gasteiger partial charge in [0.2, 0.25) is 0 Å². The molecule has 1 aromatic heterocycles. The first-order valence-electron chi connectivity index (χ1n) is 7.61. The molecule has 10 heteroatoms. The van der Waals surface area contributed by atoms with E-state index in [1.807, 2.05) is 24.3 Å². The maximum Gasteiger partial charge on any atom is 0.451 e. The van der Waals surface area contributed by atoms with Gasteiger partial charge in [-0.25, -0.2) is 4.68 Å². The van der Waals surface area contributed by atoms with Crippen molar-refractivity contribution in [3.05, 3.63) is 35.7 Å². The van der Waals surface area contributed by atoms with Crippen molar-refractivity contribution >= 4 is 19.5 Å². The van der Waals surface area contributed by atoms with Crippen LogP contribution in [0.1, 0.15) is 36.7 Å². The molecule has 0 saturated carbocycles. The fourth-order valence-electron chi connectivity index (χ4n) is 2.40. The van der Waals surface area contributed by atoms with E-state index in [0.29, 0.717) is 31.5 Å². The van der Waals surface area contributed by atoms with E-state index in [1.165, 1.54) is 0 Å². The Bertz CT molecular complexity index is 614. The van der Waals surface area contributed by atoms with Crippen LogP contribution in [0.3, 0.4) is 0 Å². The molecular formula is C14H23BClN5O3. The van der Waals surface area contributed by atoms with Gasteiger partial charge < -0.3 is 20.5 Å². The van der Waals surface area contributed by atoms with Crippen molar-refractivity contribution in [1.82, 2.24) is 20.2 Å². The molecule has 2 rings (SSSR count). The first kappa shape index (κ1) is 20.4. The average molecular weight is 356 g/mol. The Morgan fingerprint density at radius 2 is 2.04 bits per heavy atom. The average Bonchev–Trinajstić information content (AvgIpc) is 3.00. The fourth-order valence-corrected chi connectivity index (χ4v) is 2.40. The second-order valence-electron chi connectivity index (χ2n) is 5.38. The maximum atomic E-state index is 8.84. The number of ether oxygens (including phenoxy) is 1. The molecule has 24 heavy (non-hydrogen) atoms. The van der Waals surface area contributed by atoms with Crippen molar-refractivity contribution in [1.29, 1.82) is 0 Å². The molecule has 0 amide bonds. The summed E-state index contributed by atoms with van der Waals surface area (Å²) in [4.78, 5) is 0. The van der Waals surface area contributed by atoms with E-state index in [1.54, 1.807) is 11.8 Å². The van der Waals surface area contributed by atoms with Crippen LogP contribution in [-0.4, -0.2) is 44.5 Å². The second-order valence-corrected chi connectivity index (χ2v) is 5.38. The third-order valence-corrected chi connectivity index (χ3v) is 3.63. The molecule has 0 spiro atoms. The smallest absolute Gasteiger partial charge is 0.451 e. The van der Waals surface area contributed by atoms with Gasteiger partial charge in [0.25, 0.3) is 0 Å². The third-order valence-electron chi connectivity index (χ3n) is 3.63. The van der Waals surface area contributed by atoms with Crippen LogP contribution in [0.5, 0.6) is 5.75 Å². The fraction of sp³-hybridized carbons (Fsp3) is 0.500. The summed E-state index contributed by atoms with van der Waals surface area (Å²) in [6, 6.07) is 7.39. The number of unbranched alkanes of at least 4 members (excludes halogenated alkanes) is 1. The molecular weight excluding hydrogens is 332 g/mol. The Labute approximate surface area is 147 Å². The van der Waals surface area contributed by atoms with Gasteiger partial charge in [0.05, 0.1) is 19.7 Å². The summed E-state index contributed by atoms with van der Waals surface area (Å²) < 4.78 is 7.01. The van der Waals surface area contributed by atoms with Gasteiger partial charge in [-0.15, -0.1) is 17.5 Å². The highest BCUT2D eigenvalue weighted by molar-refractivity contribution is 6.40. The number of nitrogens with two attached hydrogens (primary N) is 1. The van der Waals surface area contributed by atoms with Crippen LogP contribution < -0.4 is 10.5 Å². The lowest BCUT2D eigenvalue weighted by Crippen LogP contribution is -2.18. The van der Waals surface area contributed by atoms with Gasteiger partial charge in [-0.3, -0.25) is 0 Å². The van der Waals surface area contributed by atoms with Crippen LogP contribution in [-0.2, 0) is 6.54 Å². The number of hydrogen-bond acceptors (Lipinski definition) is 7. The summed E-state index contributed by atoms with van der Waals surface area (Å²) in [5, 5.41) is 29.4. The lowest BCUT2D eigenvalue weighted by Gasteiger charge is -2.13. The zero-order valence-electron chi connectivity index (χ0n) is 13.6. The van der Waals surface area contributed by atoms with Gasteiger partial charge in [-0.1, -0.05) is 31.0 Å². The number of methoxy groups -OCH3 is 1. The predicted molar refractivity (Wildman–Crippen MR) is 92.9 cm³/mol. The molecule has 1 aromatic carbocycles. The predicted octanol–water partition coefficient (Wildman–Crippen LogP) is 0.795. The number of benzene rings is 1. The zero-order chi connectivity index (χ0) is 16.7. The van der Waals surface area contributed by atoms with Gasteiger partial charge in [-0.2, -0.15) is 0 Å². The number of rotatable bonds is 9. The SMILES string of the molecule is COc1ccccc1Cn1nnnc1C(N)CCCCB(O)O.Cl. The van der Waals surface area contributed by atoms with E-state index in [0.717, 1.165) is 17.7 Å². The van der Waals surface area contributed by atoms with Crippen molar-refractivity contribution in [3.63, 3.8) is 0 Å². The summed E-state index contributed by atoms with van der Waals surface area (Å²) >= 11 is 0. The van der Waals surface area contributed by atoms with Crippen LogP contribution >= 0.6 is 12.4 Å². The Balaban J connectivity index is 0.00000288. The molecule has 1 unspecified atom stereocenters. The van der Waals surface area contributed by atoms with E-state index in [4.69, 9.17) is 20.5 Å². The molecule has 8 nitrogen and oxygen atoms in total. The minimum absolute atomic E-state index is 0. The lowest BCUT2D eigenvalue weighted by atomic mass is 9.83. The normalized spacial score (nSPS) is 11.7. The molecule has 1 heterocycles. The molecule has 2 aromatic rings. The van der Waals surface area contributed by atoms with Gasteiger partial charge in [-0.05, 0) is 29.2 Å². The quantitative estimate of drug-likeness (QED) is 0.449. The maximum absolute atomic E-state index is 8.84. The van der Waals surface area contributed by atoms with E-state index in [9.17, 15) is 0 Å². The highest BCUT2D eigenvalue weighted by atomic mass is 35.5. The van der Waals surface area contributed by atoms with E-state index < -0.39 is 7.12 Å². The third kappa shape index (κ3) is 5.75. The van der Waals surface area contributed by atoms with E-state index in [-0.39, 0.29) is 18.4 Å². The number of nitrogens with zero attached hydrogens (tertiary/aromatic N) is 4. The van der Waals surface area contributed by atoms with Gasteiger partial charge >= 0.3 is 7.12 Å². The van der Waals surface area contributed by atoms with Gasteiger partial charge in [0.1, 0.15) is 5.75 Å². The Morgan fingerprint density at radius 3 is 2.75 bits per heavy atom. The van der Waals surface area contributed by atoms with Crippen LogP contribution in [0, 0.1) is 0 Å². The molecule has 0 aliphatic rings. The van der Waals surface area contributed by atoms with E-state index >= 15 is 0 Å². The van der Waals surface area contributed by atoms with Crippen molar-refractivity contribution in [2.24, 2.45) is 5.73 Å². The molecule has 0 fully saturated rings. The minimum Gasteiger partial charge on any atom is -0.496 e. The van der Waals surface area contributed by atoms with Crippen molar-refractivity contribution < 1.29 is 14.8 Å². The van der Waals surface area contributed by atoms with Crippen molar-refractivity contribution in [2.75, 3.05) is 7.11 Å². The van der Waals surface area contributed by atoms with Crippen molar-refractivity contribution in [3.8, 4) is 5.75 Å². The number of para-hydroxylation sites is 1. The minimum atomic E-state index is -1.26. The number of tetrazole rings is 1. The number of halogens is 1. The second kappa shape index (κ2) is 10.2. The number of aromatic nitrogens is 4. The highest BCUT2D eigenvalue weighted by Gasteiger charge is 2.16. The molecule has 132 valence electrons. The molecule has 0 bridgehead atoms. The summed E-state index contributed by atoms with van der Waals surface area (Å²) in [7, 11) is 0.364. The van der Waals surface area contributed by atoms with Crippen LogP contribution in [0.15, 0.2) is 24.3 Å². The molecule has 0 saturated heterocycles. The molecule has 0 aliphatic carbocycles. The first-order chi connectivity index (χ1) is 11.1. The molecule has 1 atom stereocenters. The summed E-state index contributed by atoms with van der Waals surface area (Å²) in [6.45, 7) is 0.482.